The Hall–Kier alpha value is -2.57. The third-order valence-electron chi connectivity index (χ3n) is 4.09. The lowest BCUT2D eigenvalue weighted by molar-refractivity contribution is -0.149. The van der Waals surface area contributed by atoms with Crippen LogP contribution in [0.15, 0.2) is 24.3 Å². The zero-order chi connectivity index (χ0) is 18.6. The molecule has 1 atom stereocenters. The number of carbonyl (C=O) groups is 3. The maximum Gasteiger partial charge on any atom is 0.330 e. The molecule has 0 aromatic heterocycles. The molecule has 1 aromatic rings. The molecule has 1 aliphatic rings. The van der Waals surface area contributed by atoms with Gasteiger partial charge in [0.2, 0.25) is 11.8 Å². The molecule has 0 radical (unpaired) electrons. The molecular weight excluding hydrogens is 324 g/mol. The molecule has 7 heteroatoms. The van der Waals surface area contributed by atoms with E-state index in [2.05, 4.69) is 10.1 Å². The molecule has 1 fully saturated rings. The van der Waals surface area contributed by atoms with Gasteiger partial charge in [-0.25, -0.2) is 4.79 Å². The van der Waals surface area contributed by atoms with Crippen molar-refractivity contribution in [3.8, 4) is 5.75 Å². The van der Waals surface area contributed by atoms with Crippen molar-refractivity contribution in [1.29, 1.82) is 0 Å². The predicted molar refractivity (Wildman–Crippen MR) is 92.3 cm³/mol. The van der Waals surface area contributed by atoms with Crippen molar-refractivity contribution in [3.63, 3.8) is 0 Å². The van der Waals surface area contributed by atoms with E-state index in [9.17, 15) is 14.4 Å². The number of hydrogen-bond donors (Lipinski definition) is 1. The van der Waals surface area contributed by atoms with Gasteiger partial charge in [-0.2, -0.15) is 0 Å². The normalized spacial score (nSPS) is 17.4. The summed E-state index contributed by atoms with van der Waals surface area (Å²) < 4.78 is 10.1. The van der Waals surface area contributed by atoms with Crippen LogP contribution in [0.3, 0.4) is 0 Å². The molecule has 0 bridgehead atoms. The fourth-order valence-electron chi connectivity index (χ4n) is 2.74. The molecule has 0 spiro atoms. The van der Waals surface area contributed by atoms with Gasteiger partial charge >= 0.3 is 5.97 Å². The second kappa shape index (κ2) is 7.55. The number of carbonyl (C=O) groups excluding carboxylic acids is 3. The Morgan fingerprint density at radius 1 is 1.28 bits per heavy atom. The van der Waals surface area contributed by atoms with E-state index in [0.717, 1.165) is 11.4 Å². The van der Waals surface area contributed by atoms with Gasteiger partial charge in [0, 0.05) is 18.7 Å². The highest BCUT2D eigenvalue weighted by atomic mass is 16.5. The summed E-state index contributed by atoms with van der Waals surface area (Å²) in [5.74, 6) is -0.777. The third kappa shape index (κ3) is 4.29. The molecule has 2 amide bonds. The van der Waals surface area contributed by atoms with E-state index in [0.29, 0.717) is 6.61 Å². The first-order valence-electron chi connectivity index (χ1n) is 8.22. The summed E-state index contributed by atoms with van der Waals surface area (Å²) in [4.78, 5) is 38.0. The number of methoxy groups -OCH3 is 1. The number of esters is 1. The average Bonchev–Trinajstić information content (AvgIpc) is 2.96. The van der Waals surface area contributed by atoms with Crippen molar-refractivity contribution < 1.29 is 23.9 Å². The van der Waals surface area contributed by atoms with Crippen LogP contribution in [0.4, 0.5) is 5.69 Å². The second-order valence-electron chi connectivity index (χ2n) is 6.44. The minimum atomic E-state index is -1.14. The summed E-state index contributed by atoms with van der Waals surface area (Å²) >= 11 is 0. The lowest BCUT2D eigenvalue weighted by Gasteiger charge is -2.25. The van der Waals surface area contributed by atoms with Crippen molar-refractivity contribution in [2.24, 2.45) is 5.92 Å². The van der Waals surface area contributed by atoms with Crippen LogP contribution in [-0.2, 0) is 19.1 Å². The van der Waals surface area contributed by atoms with Gasteiger partial charge in [0.25, 0.3) is 0 Å². The van der Waals surface area contributed by atoms with Gasteiger partial charge < -0.3 is 19.7 Å². The third-order valence-corrected chi connectivity index (χ3v) is 4.09. The van der Waals surface area contributed by atoms with Gasteiger partial charge in [-0.3, -0.25) is 9.59 Å². The standard InChI is InChI=1S/C18H24N2O5/c1-5-25-14-8-6-13(7-9-14)20-11-12(10-15(20)21)16(22)19-18(2,3)17(23)24-4/h6-9,12H,5,10-11H2,1-4H3,(H,19,22)/t12-/m1/s1. The molecule has 2 rings (SSSR count). The Bertz CT molecular complexity index is 654. The van der Waals surface area contributed by atoms with Crippen LogP contribution >= 0.6 is 0 Å². The molecule has 7 nitrogen and oxygen atoms in total. The van der Waals surface area contributed by atoms with E-state index in [1.165, 1.54) is 7.11 Å². The van der Waals surface area contributed by atoms with Crippen molar-refractivity contribution in [2.75, 3.05) is 25.2 Å². The van der Waals surface area contributed by atoms with Gasteiger partial charge in [-0.1, -0.05) is 0 Å². The topological polar surface area (TPSA) is 84.9 Å². The number of anilines is 1. The van der Waals surface area contributed by atoms with Gasteiger partial charge in [0.1, 0.15) is 11.3 Å². The molecule has 1 aliphatic heterocycles. The number of amides is 2. The quantitative estimate of drug-likeness (QED) is 0.788. The van der Waals surface area contributed by atoms with Gasteiger partial charge in [0.05, 0.1) is 19.6 Å². The summed E-state index contributed by atoms with van der Waals surface area (Å²) in [6.45, 7) is 5.88. The Morgan fingerprint density at radius 2 is 1.92 bits per heavy atom. The van der Waals surface area contributed by atoms with Gasteiger partial charge in [0.15, 0.2) is 0 Å². The smallest absolute Gasteiger partial charge is 0.330 e. The highest BCUT2D eigenvalue weighted by Gasteiger charge is 2.39. The minimum Gasteiger partial charge on any atom is -0.494 e. The predicted octanol–water partition coefficient (Wildman–Crippen LogP) is 1.51. The molecule has 1 saturated heterocycles. The Labute approximate surface area is 147 Å². The van der Waals surface area contributed by atoms with Crippen LogP contribution in [-0.4, -0.2) is 43.6 Å². The molecular formula is C18H24N2O5. The van der Waals surface area contributed by atoms with E-state index in [1.807, 2.05) is 6.92 Å². The van der Waals surface area contributed by atoms with E-state index in [-0.39, 0.29) is 24.8 Å². The van der Waals surface area contributed by atoms with E-state index < -0.39 is 17.4 Å². The number of ether oxygens (including phenoxy) is 2. The molecule has 1 aromatic carbocycles. The van der Waals surface area contributed by atoms with Crippen LogP contribution in [0, 0.1) is 5.92 Å². The monoisotopic (exact) mass is 348 g/mol. The highest BCUT2D eigenvalue weighted by Crippen LogP contribution is 2.27. The molecule has 0 saturated carbocycles. The van der Waals surface area contributed by atoms with Crippen LogP contribution in [0.1, 0.15) is 27.2 Å². The Kier molecular flexibility index (Phi) is 5.66. The molecule has 25 heavy (non-hydrogen) atoms. The first-order valence-corrected chi connectivity index (χ1v) is 8.22. The van der Waals surface area contributed by atoms with Crippen molar-refractivity contribution in [1.82, 2.24) is 5.32 Å². The minimum absolute atomic E-state index is 0.107. The largest absolute Gasteiger partial charge is 0.494 e. The molecule has 136 valence electrons. The van der Waals surface area contributed by atoms with E-state index >= 15 is 0 Å². The van der Waals surface area contributed by atoms with Crippen LogP contribution < -0.4 is 15.0 Å². The fraction of sp³-hybridized carbons (Fsp3) is 0.500. The zero-order valence-electron chi connectivity index (χ0n) is 15.0. The molecule has 0 aliphatic carbocycles. The molecule has 1 N–H and O–H groups in total. The first-order chi connectivity index (χ1) is 11.8. The summed E-state index contributed by atoms with van der Waals surface area (Å²) in [6, 6.07) is 7.17. The summed E-state index contributed by atoms with van der Waals surface area (Å²) in [5, 5.41) is 2.65. The molecule has 1 heterocycles. The van der Waals surface area contributed by atoms with Crippen LogP contribution in [0.25, 0.3) is 0 Å². The summed E-state index contributed by atoms with van der Waals surface area (Å²) in [7, 11) is 1.27. The van der Waals surface area contributed by atoms with Crippen molar-refractivity contribution >= 4 is 23.5 Å². The number of rotatable bonds is 6. The summed E-state index contributed by atoms with van der Waals surface area (Å²) in [5.41, 5.74) is -0.419. The number of benzene rings is 1. The molecule has 0 unspecified atom stereocenters. The van der Waals surface area contributed by atoms with Gasteiger partial charge in [-0.15, -0.1) is 0 Å². The SMILES string of the molecule is CCOc1ccc(N2C[C@H](C(=O)NC(C)(C)C(=O)OC)CC2=O)cc1. The second-order valence-corrected chi connectivity index (χ2v) is 6.44. The number of hydrogen-bond acceptors (Lipinski definition) is 5. The Balaban J connectivity index is 2.04. The number of nitrogens with zero attached hydrogens (tertiary/aromatic N) is 1. The zero-order valence-corrected chi connectivity index (χ0v) is 15.0. The van der Waals surface area contributed by atoms with E-state index in [1.54, 1.807) is 43.0 Å². The first kappa shape index (κ1) is 18.8. The number of nitrogens with one attached hydrogen (secondary N) is 1. The lowest BCUT2D eigenvalue weighted by atomic mass is 10.0. The van der Waals surface area contributed by atoms with Crippen LogP contribution in [0.2, 0.25) is 0 Å². The van der Waals surface area contributed by atoms with E-state index in [4.69, 9.17) is 4.74 Å². The highest BCUT2D eigenvalue weighted by molar-refractivity contribution is 6.01. The average molecular weight is 348 g/mol. The van der Waals surface area contributed by atoms with Gasteiger partial charge in [-0.05, 0) is 45.0 Å². The lowest BCUT2D eigenvalue weighted by Crippen LogP contribution is -2.52. The maximum absolute atomic E-state index is 12.4. The Morgan fingerprint density at radius 3 is 2.48 bits per heavy atom. The maximum atomic E-state index is 12.4. The van der Waals surface area contributed by atoms with Crippen LogP contribution in [0.5, 0.6) is 5.75 Å². The van der Waals surface area contributed by atoms with Crippen molar-refractivity contribution in [2.45, 2.75) is 32.7 Å². The summed E-state index contributed by atoms with van der Waals surface area (Å²) in [6.07, 6.45) is 0.107. The van der Waals surface area contributed by atoms with Crippen molar-refractivity contribution in [3.05, 3.63) is 24.3 Å². The fourth-order valence-corrected chi connectivity index (χ4v) is 2.74.